The van der Waals surface area contributed by atoms with Crippen LogP contribution in [0, 0.1) is 23.6 Å². The largest absolute Gasteiger partial charge is 0.405 e. The molecule has 0 spiro atoms. The molecule has 0 radical (unpaired) electrons. The summed E-state index contributed by atoms with van der Waals surface area (Å²) in [6, 6.07) is 2.39. The summed E-state index contributed by atoms with van der Waals surface area (Å²) in [4.78, 5) is 60.6. The zero-order chi connectivity index (χ0) is 35.1. The van der Waals surface area contributed by atoms with Crippen molar-refractivity contribution in [2.75, 3.05) is 38.5 Å². The molecular formula is C34H48F3N7O4. The summed E-state index contributed by atoms with van der Waals surface area (Å²) in [5.41, 5.74) is 5.41. The molecule has 4 rings (SSSR count). The van der Waals surface area contributed by atoms with Crippen molar-refractivity contribution in [2.24, 2.45) is 28.5 Å². The van der Waals surface area contributed by atoms with Gasteiger partial charge in [0, 0.05) is 38.0 Å². The van der Waals surface area contributed by atoms with Crippen LogP contribution in [0.1, 0.15) is 64.4 Å². The van der Waals surface area contributed by atoms with Gasteiger partial charge in [0.15, 0.2) is 0 Å². The number of rotatable bonds is 15. The van der Waals surface area contributed by atoms with Crippen molar-refractivity contribution in [2.45, 2.75) is 83.3 Å². The van der Waals surface area contributed by atoms with Crippen molar-refractivity contribution < 1.29 is 32.3 Å². The maximum Gasteiger partial charge on any atom is 0.270 e. The lowest BCUT2D eigenvalue weighted by Crippen LogP contribution is -2.58. The quantitative estimate of drug-likeness (QED) is 0.210. The van der Waals surface area contributed by atoms with Gasteiger partial charge >= 0.3 is 0 Å². The number of amides is 4. The van der Waals surface area contributed by atoms with Crippen molar-refractivity contribution in [1.82, 2.24) is 20.4 Å². The molecule has 5 N–H and O–H groups in total. The van der Waals surface area contributed by atoms with E-state index in [1.54, 1.807) is 24.8 Å². The number of aliphatic imine (C=N–C) groups is 1. The van der Waals surface area contributed by atoms with Gasteiger partial charge in [-0.3, -0.25) is 24.2 Å². The van der Waals surface area contributed by atoms with E-state index in [1.165, 1.54) is 12.1 Å². The van der Waals surface area contributed by atoms with Crippen molar-refractivity contribution in [3.63, 3.8) is 0 Å². The molecule has 1 aromatic rings. The summed E-state index contributed by atoms with van der Waals surface area (Å²) in [5.74, 6) is -3.16. The Balaban J connectivity index is 1.54. The zero-order valence-electron chi connectivity index (χ0n) is 28.1. The summed E-state index contributed by atoms with van der Waals surface area (Å²) in [6.07, 6.45) is 3.06. The van der Waals surface area contributed by atoms with E-state index in [1.807, 2.05) is 14.0 Å². The Hall–Kier alpha value is -3.94. The molecule has 1 aromatic carbocycles. The number of hydrogen-bond donors (Lipinski definition) is 4. The van der Waals surface area contributed by atoms with Gasteiger partial charge in [-0.05, 0) is 87.4 Å². The van der Waals surface area contributed by atoms with Gasteiger partial charge < -0.3 is 31.5 Å². The number of halogens is 3. The molecule has 11 nitrogen and oxygen atoms in total. The highest BCUT2D eigenvalue weighted by Gasteiger charge is 2.48. The monoisotopic (exact) mass is 675 g/mol. The lowest BCUT2D eigenvalue weighted by atomic mass is 9.88. The number of carbonyl (C=O) groups excluding carboxylic acids is 4. The van der Waals surface area contributed by atoms with Crippen LogP contribution in [0.4, 0.5) is 18.9 Å². The smallest absolute Gasteiger partial charge is 0.270 e. The van der Waals surface area contributed by atoms with E-state index in [0.29, 0.717) is 25.2 Å². The minimum absolute atomic E-state index is 0.123. The molecule has 2 aliphatic carbocycles. The fraction of sp³-hybridized carbons (Fsp3) is 0.618. The molecular weight excluding hydrogens is 627 g/mol. The molecule has 3 aliphatic rings. The molecule has 1 heterocycles. The van der Waals surface area contributed by atoms with Crippen molar-refractivity contribution in [3.8, 4) is 0 Å². The number of alkyl halides is 2. The van der Waals surface area contributed by atoms with E-state index < -0.39 is 48.6 Å². The molecule has 1 aliphatic heterocycles. The van der Waals surface area contributed by atoms with E-state index in [-0.39, 0.29) is 53.4 Å². The Bertz CT molecular complexity index is 1390. The summed E-state index contributed by atoms with van der Waals surface area (Å²) in [6.45, 7) is 6.25. The average Bonchev–Trinajstić information content (AvgIpc) is 3.99. The molecule has 4 amide bonds. The second-order valence-corrected chi connectivity index (χ2v) is 13.2. The van der Waals surface area contributed by atoms with Gasteiger partial charge in [-0.1, -0.05) is 19.9 Å². The molecule has 1 saturated heterocycles. The first-order valence-electron chi connectivity index (χ1n) is 16.7. The maximum absolute atomic E-state index is 15.7. The minimum atomic E-state index is -2.77. The van der Waals surface area contributed by atoms with Gasteiger partial charge in [-0.25, -0.2) is 13.2 Å². The average molecular weight is 676 g/mol. The number of nitrogens with zero attached hydrogens (tertiary/aromatic N) is 3. The third kappa shape index (κ3) is 9.57. The SMILES string of the molecule is CCC(=O)N[C@@H](C(=O)N1CCN(C)[C@H](C)C1)[C@@H](C)c1ccc(NC(=O)[C@@H](NC(=O)C(/C=C\N)=NCC(F)F)C(C2CC2)C2CC2)c(F)c1. The molecule has 0 bridgehead atoms. The zero-order valence-corrected chi connectivity index (χ0v) is 28.1. The molecule has 3 fully saturated rings. The van der Waals surface area contributed by atoms with E-state index in [9.17, 15) is 28.0 Å². The number of nitrogens with one attached hydrogen (secondary N) is 3. The van der Waals surface area contributed by atoms with Crippen LogP contribution in [0.25, 0.3) is 0 Å². The third-order valence-electron chi connectivity index (χ3n) is 9.62. The Morgan fingerprint density at radius 1 is 1.06 bits per heavy atom. The van der Waals surface area contributed by atoms with Crippen LogP contribution in [-0.4, -0.2) is 96.9 Å². The summed E-state index contributed by atoms with van der Waals surface area (Å²) in [7, 11) is 1.99. The molecule has 4 atom stereocenters. The molecule has 0 aromatic heterocycles. The number of anilines is 1. The summed E-state index contributed by atoms with van der Waals surface area (Å²) < 4.78 is 41.4. The normalized spacial score (nSPS) is 20.9. The molecule has 48 heavy (non-hydrogen) atoms. The van der Waals surface area contributed by atoms with Crippen LogP contribution in [0.2, 0.25) is 0 Å². The van der Waals surface area contributed by atoms with Gasteiger partial charge in [0.05, 0.1) is 5.69 Å². The van der Waals surface area contributed by atoms with E-state index in [2.05, 4.69) is 25.8 Å². The summed E-state index contributed by atoms with van der Waals surface area (Å²) >= 11 is 0. The fourth-order valence-electron chi connectivity index (χ4n) is 6.34. The molecule has 264 valence electrons. The van der Waals surface area contributed by atoms with Gasteiger partial charge in [-0.15, -0.1) is 0 Å². The van der Waals surface area contributed by atoms with Crippen LogP contribution < -0.4 is 21.7 Å². The van der Waals surface area contributed by atoms with Crippen LogP contribution in [0.3, 0.4) is 0 Å². The highest BCUT2D eigenvalue weighted by atomic mass is 19.3. The number of benzene rings is 1. The Morgan fingerprint density at radius 2 is 1.73 bits per heavy atom. The predicted octanol–water partition coefficient (Wildman–Crippen LogP) is 3.02. The van der Waals surface area contributed by atoms with Crippen LogP contribution in [0.15, 0.2) is 35.5 Å². The van der Waals surface area contributed by atoms with Crippen molar-refractivity contribution in [3.05, 3.63) is 41.9 Å². The van der Waals surface area contributed by atoms with Crippen LogP contribution in [0.5, 0.6) is 0 Å². The van der Waals surface area contributed by atoms with Crippen LogP contribution in [-0.2, 0) is 19.2 Å². The molecule has 14 heteroatoms. The van der Waals surface area contributed by atoms with Gasteiger partial charge in [0.2, 0.25) is 17.7 Å². The second-order valence-electron chi connectivity index (χ2n) is 13.2. The first kappa shape index (κ1) is 36.9. The van der Waals surface area contributed by atoms with Gasteiger partial charge in [-0.2, -0.15) is 0 Å². The number of likely N-dealkylation sites (N-methyl/N-ethyl adjacent to an activating group) is 1. The van der Waals surface area contributed by atoms with E-state index in [0.717, 1.165) is 38.0 Å². The Kier molecular flexibility index (Phi) is 12.6. The highest BCUT2D eigenvalue weighted by molar-refractivity contribution is 6.43. The summed E-state index contributed by atoms with van der Waals surface area (Å²) in [5, 5.41) is 8.13. The lowest BCUT2D eigenvalue weighted by molar-refractivity contribution is -0.139. The molecule has 2 saturated carbocycles. The van der Waals surface area contributed by atoms with Gasteiger partial charge in [0.1, 0.15) is 30.2 Å². The number of carbonyl (C=O) groups is 4. The van der Waals surface area contributed by atoms with E-state index >= 15 is 4.39 Å². The minimum Gasteiger partial charge on any atom is -0.405 e. The first-order chi connectivity index (χ1) is 22.8. The molecule has 0 unspecified atom stereocenters. The number of hydrogen-bond acceptors (Lipinski definition) is 7. The van der Waals surface area contributed by atoms with Crippen LogP contribution >= 0.6 is 0 Å². The topological polar surface area (TPSA) is 149 Å². The predicted molar refractivity (Wildman–Crippen MR) is 177 cm³/mol. The highest BCUT2D eigenvalue weighted by Crippen LogP contribution is 2.51. The number of piperazine rings is 1. The maximum atomic E-state index is 15.7. The Morgan fingerprint density at radius 3 is 2.27 bits per heavy atom. The second kappa shape index (κ2) is 16.4. The lowest BCUT2D eigenvalue weighted by Gasteiger charge is -2.40. The Labute approximate surface area is 279 Å². The first-order valence-corrected chi connectivity index (χ1v) is 16.7. The standard InChI is InChI=1S/C34H48F3N7O4/c1-5-28(45)41-30(34(48)44-15-14-43(4)19(2)18-44)20(3)23-10-11-25(24(35)16-23)40-33(47)31(29(21-6-7-21)22-8-9-22)42-32(46)26(12-13-38)39-17-27(36)37/h10-13,16,19-22,27,29-31H,5-9,14-15,17-18,38H2,1-4H3,(H,40,47)(H,41,45)(H,42,46)/b13-12-,39-26?/t19-,20+,30-,31+/m1/s1. The fourth-order valence-corrected chi connectivity index (χ4v) is 6.34. The van der Waals surface area contributed by atoms with Crippen molar-refractivity contribution >= 4 is 35.0 Å². The third-order valence-corrected chi connectivity index (χ3v) is 9.62. The van der Waals surface area contributed by atoms with Gasteiger partial charge in [0.25, 0.3) is 12.3 Å². The van der Waals surface area contributed by atoms with Crippen molar-refractivity contribution in [1.29, 1.82) is 0 Å². The van der Waals surface area contributed by atoms with E-state index in [4.69, 9.17) is 5.73 Å². The number of nitrogens with two attached hydrogens (primary N) is 1.